The lowest BCUT2D eigenvalue weighted by Gasteiger charge is -2.20. The largest absolute Gasteiger partial charge is 0.353 e. The summed E-state index contributed by atoms with van der Waals surface area (Å²) in [5.74, 6) is 1.37. The Balaban J connectivity index is 1.16. The van der Waals surface area contributed by atoms with Crippen LogP contribution in [-0.2, 0) is 0 Å². The Morgan fingerprint density at radius 3 is 1.65 bits per heavy atom. The number of nitrogens with zero attached hydrogens (tertiary/aromatic N) is 6. The van der Waals surface area contributed by atoms with Gasteiger partial charge in [-0.15, -0.1) is 0 Å². The Labute approximate surface area is 202 Å². The summed E-state index contributed by atoms with van der Waals surface area (Å²) in [5.41, 5.74) is 4.18. The molecule has 5 rings (SSSR count). The quantitative estimate of drug-likeness (QED) is 0.501. The van der Waals surface area contributed by atoms with E-state index < -0.39 is 0 Å². The minimum absolute atomic E-state index is 0.568. The van der Waals surface area contributed by atoms with Crippen molar-refractivity contribution in [3.05, 3.63) is 49.1 Å². The maximum Gasteiger partial charge on any atom is 0.222 e. The van der Waals surface area contributed by atoms with E-state index in [0.717, 1.165) is 35.3 Å². The van der Waals surface area contributed by atoms with Gasteiger partial charge in [0.05, 0.1) is 0 Å². The van der Waals surface area contributed by atoms with E-state index in [2.05, 4.69) is 79.6 Å². The molecular weight excluding hydrogens is 423 g/mol. The molecule has 9 heteroatoms. The number of benzene rings is 1. The van der Waals surface area contributed by atoms with Crippen molar-refractivity contribution in [2.75, 3.05) is 43.9 Å². The first-order valence-corrected chi connectivity index (χ1v) is 12.3. The normalized spacial score (nSPS) is 21.1. The number of nitrogens with one attached hydrogen (secondary N) is 2. The second-order valence-electron chi connectivity index (χ2n) is 9.48. The van der Waals surface area contributed by atoms with Crippen LogP contribution in [0.15, 0.2) is 49.1 Å². The molecule has 0 bridgehead atoms. The Bertz CT molecular complexity index is 971. The van der Waals surface area contributed by atoms with Crippen molar-refractivity contribution >= 4 is 19.9 Å². The molecule has 3 aromatic rings. The summed E-state index contributed by atoms with van der Waals surface area (Å²) in [7, 11) is 4.36. The van der Waals surface area contributed by atoms with Crippen LogP contribution in [-0.4, -0.2) is 82.9 Å². The zero-order valence-corrected chi connectivity index (χ0v) is 20.1. The lowest BCUT2D eigenvalue weighted by atomic mass is 10.0. The van der Waals surface area contributed by atoms with E-state index in [1.54, 1.807) is 0 Å². The third-order valence-corrected chi connectivity index (χ3v) is 7.19. The van der Waals surface area contributed by atoms with Gasteiger partial charge in [0.2, 0.25) is 11.9 Å². The first-order valence-electron chi connectivity index (χ1n) is 12.3. The highest BCUT2D eigenvalue weighted by Gasteiger charge is 2.21. The van der Waals surface area contributed by atoms with Crippen molar-refractivity contribution in [3.8, 4) is 22.3 Å². The molecule has 0 radical (unpaired) electrons. The van der Waals surface area contributed by atoms with Crippen LogP contribution in [0.1, 0.15) is 25.7 Å². The molecule has 4 heterocycles. The van der Waals surface area contributed by atoms with E-state index >= 15 is 0 Å². The Morgan fingerprint density at radius 1 is 0.735 bits per heavy atom. The number of aromatic nitrogens is 4. The Morgan fingerprint density at radius 2 is 1.21 bits per heavy atom. The molecule has 0 saturated carbocycles. The maximum atomic E-state index is 4.51. The standard InChI is InChI=1S/C25H33BN8/c1-33-10-2-4-22(33)16-31-24-27-12-20(13-28-24)18-6-8-19(9-7-18)21-14-29-25(30-15-21)32-17-23-5-3-11-34(23)26/h6-9,12-15,22-23H,2-5,10-11,16-17,26H2,1H3,(H,27,28,31)(H,29,30,32)/t22-,23-/m0/s1. The summed E-state index contributed by atoms with van der Waals surface area (Å²) in [5, 5.41) is 6.74. The minimum Gasteiger partial charge on any atom is -0.353 e. The fourth-order valence-electron chi connectivity index (χ4n) is 4.88. The molecular formula is C25H33BN8. The highest BCUT2D eigenvalue weighted by atomic mass is 15.2. The lowest BCUT2D eigenvalue weighted by Crippen LogP contribution is -2.33. The molecule has 2 fully saturated rings. The molecule has 34 heavy (non-hydrogen) atoms. The predicted molar refractivity (Wildman–Crippen MR) is 139 cm³/mol. The summed E-state index contributed by atoms with van der Waals surface area (Å²) in [6, 6.07) is 9.51. The molecule has 0 spiro atoms. The number of hydrogen-bond acceptors (Lipinski definition) is 8. The average molecular weight is 456 g/mol. The average Bonchev–Trinajstić information content (AvgIpc) is 3.49. The minimum atomic E-state index is 0.568. The summed E-state index contributed by atoms with van der Waals surface area (Å²) in [6.45, 7) is 4.12. The van der Waals surface area contributed by atoms with E-state index in [-0.39, 0.29) is 0 Å². The van der Waals surface area contributed by atoms with Crippen molar-refractivity contribution in [2.45, 2.75) is 37.8 Å². The van der Waals surface area contributed by atoms with Gasteiger partial charge in [0.25, 0.3) is 0 Å². The highest BCUT2D eigenvalue weighted by molar-refractivity contribution is 6.04. The van der Waals surface area contributed by atoms with E-state index in [9.17, 15) is 0 Å². The Kier molecular flexibility index (Phi) is 7.01. The second-order valence-corrected chi connectivity index (χ2v) is 9.48. The monoisotopic (exact) mass is 456 g/mol. The molecule has 2 aliphatic heterocycles. The third-order valence-electron chi connectivity index (χ3n) is 7.19. The maximum absolute atomic E-state index is 4.51. The fourth-order valence-corrected chi connectivity index (χ4v) is 4.88. The topological polar surface area (TPSA) is 82.1 Å². The molecule has 176 valence electrons. The van der Waals surface area contributed by atoms with Crippen LogP contribution in [0.4, 0.5) is 11.9 Å². The van der Waals surface area contributed by atoms with Gasteiger partial charge in [0.1, 0.15) is 0 Å². The zero-order chi connectivity index (χ0) is 23.3. The first-order chi connectivity index (χ1) is 16.7. The smallest absolute Gasteiger partial charge is 0.222 e. The molecule has 8 nitrogen and oxygen atoms in total. The van der Waals surface area contributed by atoms with Gasteiger partial charge < -0.3 is 20.3 Å². The van der Waals surface area contributed by atoms with Crippen LogP contribution >= 0.6 is 0 Å². The van der Waals surface area contributed by atoms with Gasteiger partial charge in [-0.3, -0.25) is 0 Å². The molecule has 2 aromatic heterocycles. The van der Waals surface area contributed by atoms with Crippen LogP contribution in [0.2, 0.25) is 0 Å². The molecule has 1 aromatic carbocycles. The Hall–Kier alpha value is -3.04. The molecule has 2 aliphatic rings. The number of hydrogen-bond donors (Lipinski definition) is 2. The third kappa shape index (κ3) is 5.37. The van der Waals surface area contributed by atoms with E-state index in [1.807, 2.05) is 24.8 Å². The molecule has 2 atom stereocenters. The molecule has 2 saturated heterocycles. The van der Waals surface area contributed by atoms with E-state index in [4.69, 9.17) is 0 Å². The first kappa shape index (κ1) is 22.7. The van der Waals surface area contributed by atoms with Gasteiger partial charge in [-0.2, -0.15) is 0 Å². The van der Waals surface area contributed by atoms with Crippen LogP contribution in [0.25, 0.3) is 22.3 Å². The van der Waals surface area contributed by atoms with Crippen molar-refractivity contribution in [2.24, 2.45) is 0 Å². The highest BCUT2D eigenvalue weighted by Crippen LogP contribution is 2.24. The van der Waals surface area contributed by atoms with Crippen LogP contribution in [0.5, 0.6) is 0 Å². The van der Waals surface area contributed by atoms with Crippen molar-refractivity contribution in [3.63, 3.8) is 0 Å². The van der Waals surface area contributed by atoms with Gasteiger partial charge in [-0.25, -0.2) is 19.9 Å². The summed E-state index contributed by atoms with van der Waals surface area (Å²) >= 11 is 0. The number of anilines is 2. The molecule has 0 aliphatic carbocycles. The SMILES string of the molecule is BN1CCC[C@H]1CNc1ncc(-c2ccc(-c3cnc(NC[C@@H]4CCCN4C)nc3)cc2)cn1. The van der Waals surface area contributed by atoms with Crippen LogP contribution < -0.4 is 10.6 Å². The summed E-state index contributed by atoms with van der Waals surface area (Å²) < 4.78 is 0. The van der Waals surface area contributed by atoms with Gasteiger partial charge in [0.15, 0.2) is 7.98 Å². The number of likely N-dealkylation sites (tertiary alicyclic amines) is 1. The van der Waals surface area contributed by atoms with Crippen molar-refractivity contribution in [1.29, 1.82) is 0 Å². The summed E-state index contributed by atoms with van der Waals surface area (Å²) in [6.07, 6.45) is 12.5. The molecule has 2 N–H and O–H groups in total. The number of rotatable bonds is 8. The molecule has 0 unspecified atom stereocenters. The van der Waals surface area contributed by atoms with E-state index in [0.29, 0.717) is 24.0 Å². The predicted octanol–water partition coefficient (Wildman–Crippen LogP) is 2.53. The molecule has 0 amide bonds. The number of likely N-dealkylation sites (N-methyl/N-ethyl adjacent to an activating group) is 1. The van der Waals surface area contributed by atoms with Crippen molar-refractivity contribution in [1.82, 2.24) is 29.6 Å². The lowest BCUT2D eigenvalue weighted by molar-refractivity contribution is 0.322. The van der Waals surface area contributed by atoms with Gasteiger partial charge in [-0.05, 0) is 56.9 Å². The van der Waals surface area contributed by atoms with Gasteiger partial charge >= 0.3 is 0 Å². The van der Waals surface area contributed by atoms with Gasteiger partial charge in [-0.1, -0.05) is 24.3 Å². The van der Waals surface area contributed by atoms with Crippen LogP contribution in [0.3, 0.4) is 0 Å². The van der Waals surface area contributed by atoms with Gasteiger partial charge in [0, 0.05) is 61.1 Å². The summed E-state index contributed by atoms with van der Waals surface area (Å²) in [4.78, 5) is 22.8. The fraction of sp³-hybridized carbons (Fsp3) is 0.440. The van der Waals surface area contributed by atoms with Crippen molar-refractivity contribution < 1.29 is 0 Å². The van der Waals surface area contributed by atoms with Crippen LogP contribution in [0, 0.1) is 0 Å². The van der Waals surface area contributed by atoms with E-state index in [1.165, 1.54) is 38.8 Å². The zero-order valence-electron chi connectivity index (χ0n) is 20.1. The second kappa shape index (κ2) is 10.5.